The highest BCUT2D eigenvalue weighted by Crippen LogP contribution is 2.14. The molecule has 3 rings (SSSR count). The van der Waals surface area contributed by atoms with Gasteiger partial charge in [0.2, 0.25) is 0 Å². The third-order valence-electron chi connectivity index (χ3n) is 2.38. The van der Waals surface area contributed by atoms with Gasteiger partial charge in [-0.25, -0.2) is 0 Å². The molecule has 3 aliphatic rings. The van der Waals surface area contributed by atoms with E-state index in [-0.39, 0.29) is 6.23 Å². The van der Waals surface area contributed by atoms with Crippen LogP contribution in [-0.2, 0) is 13.3 Å². The van der Waals surface area contributed by atoms with Crippen molar-refractivity contribution in [3.8, 4) is 0 Å². The van der Waals surface area contributed by atoms with Gasteiger partial charge >= 0.3 is 8.80 Å². The number of fused-ring (bicyclic) bond motifs is 6. The van der Waals surface area contributed by atoms with E-state index in [0.29, 0.717) is 19.8 Å². The highest BCUT2D eigenvalue weighted by molar-refractivity contribution is 6.60. The Labute approximate surface area is 78.6 Å². The van der Waals surface area contributed by atoms with Crippen molar-refractivity contribution >= 4 is 8.80 Å². The fourth-order valence-electron chi connectivity index (χ4n) is 1.59. The largest absolute Gasteiger partial charge is 0.527 e. The Morgan fingerprint density at radius 2 is 1.46 bits per heavy atom. The van der Waals surface area contributed by atoms with Crippen molar-refractivity contribution < 1.29 is 18.4 Å². The molecule has 3 saturated heterocycles. The van der Waals surface area contributed by atoms with Gasteiger partial charge in [0.15, 0.2) is 0 Å². The summed E-state index contributed by atoms with van der Waals surface area (Å²) >= 11 is 0. The van der Waals surface area contributed by atoms with E-state index in [9.17, 15) is 5.11 Å². The number of rotatable bonds is 1. The Kier molecular flexibility index (Phi) is 2.97. The number of nitrogens with zero attached hydrogens (tertiary/aromatic N) is 1. The Bertz CT molecular complexity index is 153. The summed E-state index contributed by atoms with van der Waals surface area (Å²) in [6.07, 6.45) is -0.104. The predicted octanol–water partition coefficient (Wildman–Crippen LogP) is -1.16. The third-order valence-corrected chi connectivity index (χ3v) is 4.70. The minimum atomic E-state index is -2.67. The first-order valence-electron chi connectivity index (χ1n) is 4.60. The predicted molar refractivity (Wildman–Crippen MR) is 47.1 cm³/mol. The molecule has 2 bridgehead atoms. The van der Waals surface area contributed by atoms with Crippen molar-refractivity contribution in [3.05, 3.63) is 0 Å². The van der Waals surface area contributed by atoms with Crippen molar-refractivity contribution in [2.24, 2.45) is 0 Å². The molecule has 0 aromatic rings. The van der Waals surface area contributed by atoms with E-state index in [1.54, 1.807) is 0 Å². The number of hydrogen-bond donors (Lipinski definition) is 1. The molecule has 0 atom stereocenters. The summed E-state index contributed by atoms with van der Waals surface area (Å²) < 4.78 is 16.5. The van der Waals surface area contributed by atoms with Crippen molar-refractivity contribution in [2.75, 3.05) is 45.7 Å². The molecule has 76 valence electrons. The summed E-state index contributed by atoms with van der Waals surface area (Å²) in [6.45, 7) is 4.57. The Morgan fingerprint density at radius 1 is 1.00 bits per heavy atom. The lowest BCUT2D eigenvalue weighted by atomic mass is 10.4. The summed E-state index contributed by atoms with van der Waals surface area (Å²) in [5.41, 5.74) is 0. The quantitative estimate of drug-likeness (QED) is 0.547. The van der Waals surface area contributed by atoms with Crippen LogP contribution in [0.2, 0.25) is 0 Å². The molecule has 1 N–H and O–H groups in total. The van der Waals surface area contributed by atoms with Gasteiger partial charge in [0.25, 0.3) is 0 Å². The fourth-order valence-corrected chi connectivity index (χ4v) is 3.32. The summed E-state index contributed by atoms with van der Waals surface area (Å²) in [7, 11) is -2.67. The van der Waals surface area contributed by atoms with E-state index >= 15 is 0 Å². The molecule has 0 amide bonds. The SMILES string of the molecule is OC[Si]12OCCN(CCO1)CCO2. The number of aliphatic hydroxyl groups is 1. The van der Waals surface area contributed by atoms with Crippen LogP contribution < -0.4 is 0 Å². The molecule has 3 aliphatic heterocycles. The first kappa shape index (κ1) is 9.57. The second-order valence-corrected chi connectivity index (χ2v) is 5.78. The van der Waals surface area contributed by atoms with Gasteiger partial charge < -0.3 is 18.4 Å². The zero-order valence-electron chi connectivity index (χ0n) is 7.57. The molecule has 0 aliphatic carbocycles. The monoisotopic (exact) mass is 205 g/mol. The Morgan fingerprint density at radius 3 is 1.85 bits per heavy atom. The Balaban J connectivity index is 2.07. The maximum absolute atomic E-state index is 9.18. The van der Waals surface area contributed by atoms with Crippen molar-refractivity contribution in [1.82, 2.24) is 4.90 Å². The molecule has 0 aromatic carbocycles. The summed E-state index contributed by atoms with van der Waals surface area (Å²) in [4.78, 5) is 2.24. The van der Waals surface area contributed by atoms with Crippen molar-refractivity contribution in [2.45, 2.75) is 0 Å². The highest BCUT2D eigenvalue weighted by atomic mass is 28.4. The second-order valence-electron chi connectivity index (χ2n) is 3.23. The second kappa shape index (κ2) is 4.03. The average molecular weight is 205 g/mol. The van der Waals surface area contributed by atoms with E-state index in [1.165, 1.54) is 0 Å². The molecule has 0 unspecified atom stereocenters. The van der Waals surface area contributed by atoms with E-state index in [2.05, 4.69) is 4.90 Å². The normalized spacial score (nSPS) is 40.8. The van der Waals surface area contributed by atoms with Gasteiger partial charge in [-0.1, -0.05) is 0 Å². The minimum Gasteiger partial charge on any atom is -0.392 e. The fraction of sp³-hybridized carbons (Fsp3) is 1.00. The molecule has 0 radical (unpaired) electrons. The number of aliphatic hydroxyl groups excluding tert-OH is 1. The van der Waals surface area contributed by atoms with Crippen LogP contribution >= 0.6 is 0 Å². The molecule has 6 heteroatoms. The lowest BCUT2D eigenvalue weighted by Gasteiger charge is -2.37. The Hall–Kier alpha value is 0.0169. The van der Waals surface area contributed by atoms with E-state index in [4.69, 9.17) is 13.3 Å². The van der Waals surface area contributed by atoms with Gasteiger partial charge in [0.05, 0.1) is 19.8 Å². The van der Waals surface area contributed by atoms with E-state index in [0.717, 1.165) is 19.6 Å². The lowest BCUT2D eigenvalue weighted by Crippen LogP contribution is -2.57. The zero-order chi connectivity index (χ0) is 9.15. The van der Waals surface area contributed by atoms with Gasteiger partial charge in [-0.15, -0.1) is 0 Å². The molecular formula is C7H15NO4Si. The first-order chi connectivity index (χ1) is 6.35. The van der Waals surface area contributed by atoms with Gasteiger partial charge in [-0.3, -0.25) is 4.90 Å². The summed E-state index contributed by atoms with van der Waals surface area (Å²) in [6, 6.07) is 0. The molecule has 3 fully saturated rings. The van der Waals surface area contributed by atoms with E-state index < -0.39 is 8.80 Å². The third kappa shape index (κ3) is 2.09. The van der Waals surface area contributed by atoms with Gasteiger partial charge in [0.1, 0.15) is 6.23 Å². The summed E-state index contributed by atoms with van der Waals surface area (Å²) in [5, 5.41) is 9.18. The standard InChI is InChI=1S/C7H15NO4Si/c9-7-13-10-4-1-8(2-5-11-13)3-6-12-13/h9H,1-7H2. The van der Waals surface area contributed by atoms with E-state index in [1.807, 2.05) is 0 Å². The molecule has 0 spiro atoms. The van der Waals surface area contributed by atoms with Crippen LogP contribution in [0.25, 0.3) is 0 Å². The minimum absolute atomic E-state index is 0.104. The van der Waals surface area contributed by atoms with Crippen molar-refractivity contribution in [3.63, 3.8) is 0 Å². The van der Waals surface area contributed by atoms with Crippen LogP contribution in [0, 0.1) is 0 Å². The van der Waals surface area contributed by atoms with Crippen LogP contribution in [0.15, 0.2) is 0 Å². The van der Waals surface area contributed by atoms with Crippen molar-refractivity contribution in [1.29, 1.82) is 0 Å². The van der Waals surface area contributed by atoms with Crippen LogP contribution in [0.4, 0.5) is 0 Å². The molecule has 3 heterocycles. The van der Waals surface area contributed by atoms with Crippen LogP contribution in [0.1, 0.15) is 0 Å². The smallest absolute Gasteiger partial charge is 0.392 e. The maximum Gasteiger partial charge on any atom is 0.527 e. The van der Waals surface area contributed by atoms with Crippen LogP contribution in [0.5, 0.6) is 0 Å². The molecule has 0 saturated carbocycles. The molecule has 0 aromatic heterocycles. The maximum atomic E-state index is 9.18. The van der Waals surface area contributed by atoms with Crippen LogP contribution in [0.3, 0.4) is 0 Å². The molecule has 13 heavy (non-hydrogen) atoms. The highest BCUT2D eigenvalue weighted by Gasteiger charge is 2.43. The average Bonchev–Trinajstić information content (AvgIpc) is 2.01. The van der Waals surface area contributed by atoms with Crippen LogP contribution in [-0.4, -0.2) is 64.5 Å². The first-order valence-corrected chi connectivity index (χ1v) is 6.53. The zero-order valence-corrected chi connectivity index (χ0v) is 8.57. The topological polar surface area (TPSA) is 51.2 Å². The lowest BCUT2D eigenvalue weighted by molar-refractivity contribution is -0.0196. The van der Waals surface area contributed by atoms with Gasteiger partial charge in [-0.05, 0) is 0 Å². The molecular weight excluding hydrogens is 190 g/mol. The number of hydrogen-bond acceptors (Lipinski definition) is 5. The van der Waals surface area contributed by atoms with Gasteiger partial charge in [0, 0.05) is 19.6 Å². The van der Waals surface area contributed by atoms with Gasteiger partial charge in [-0.2, -0.15) is 0 Å². The molecule has 5 nitrogen and oxygen atoms in total. The summed E-state index contributed by atoms with van der Waals surface area (Å²) in [5.74, 6) is 0.